The van der Waals surface area contributed by atoms with E-state index in [-0.39, 0.29) is 18.1 Å². The molecule has 1 aromatic rings. The van der Waals surface area contributed by atoms with Gasteiger partial charge in [0.15, 0.2) is 0 Å². The van der Waals surface area contributed by atoms with Crippen molar-refractivity contribution < 1.29 is 14.9 Å². The Morgan fingerprint density at radius 2 is 1.95 bits per heavy atom. The van der Waals surface area contributed by atoms with Crippen molar-refractivity contribution in [2.75, 3.05) is 20.3 Å². The molecule has 0 bridgehead atoms. The topological polar surface area (TPSA) is 61.7 Å². The highest BCUT2D eigenvalue weighted by molar-refractivity contribution is 5.41. The second kappa shape index (κ2) is 7.07. The molecule has 0 saturated heterocycles. The zero-order valence-corrected chi connectivity index (χ0v) is 13.1. The second-order valence-corrected chi connectivity index (χ2v) is 6.12. The van der Waals surface area contributed by atoms with E-state index in [0.29, 0.717) is 12.3 Å². The molecule has 0 heterocycles. The molecule has 3 N–H and O–H groups in total. The van der Waals surface area contributed by atoms with Crippen LogP contribution in [-0.2, 0) is 5.41 Å². The van der Waals surface area contributed by atoms with Gasteiger partial charge in [0.25, 0.3) is 0 Å². The maximum absolute atomic E-state index is 10.5. The van der Waals surface area contributed by atoms with Crippen LogP contribution in [0.3, 0.4) is 0 Å². The Morgan fingerprint density at radius 3 is 2.45 bits per heavy atom. The molecule has 0 aliphatic rings. The zero-order chi connectivity index (χ0) is 15.3. The van der Waals surface area contributed by atoms with E-state index in [9.17, 15) is 5.11 Å². The monoisotopic (exact) mass is 281 g/mol. The van der Waals surface area contributed by atoms with Crippen LogP contribution in [-0.4, -0.2) is 36.5 Å². The van der Waals surface area contributed by atoms with Crippen LogP contribution in [0.2, 0.25) is 0 Å². The molecule has 2 unspecified atom stereocenters. The lowest BCUT2D eigenvalue weighted by molar-refractivity contribution is 0.129. The van der Waals surface area contributed by atoms with Crippen LogP contribution in [0.15, 0.2) is 18.2 Å². The number of ether oxygens (including phenoxy) is 1. The summed E-state index contributed by atoms with van der Waals surface area (Å²) in [6, 6.07) is 5.77. The number of aliphatic hydroxyl groups is 2. The molecule has 0 saturated carbocycles. The molecule has 114 valence electrons. The lowest BCUT2D eigenvalue weighted by Gasteiger charge is -2.25. The molecule has 0 amide bonds. The minimum Gasteiger partial charge on any atom is -0.496 e. The van der Waals surface area contributed by atoms with Crippen molar-refractivity contribution in [1.29, 1.82) is 0 Å². The molecule has 1 rings (SSSR count). The number of methoxy groups -OCH3 is 1. The molecule has 4 heteroatoms. The maximum atomic E-state index is 10.5. The molecule has 0 aliphatic heterocycles. The first-order chi connectivity index (χ1) is 9.31. The van der Waals surface area contributed by atoms with E-state index in [1.54, 1.807) is 7.11 Å². The molecule has 0 fully saturated rings. The molecular formula is C16H27NO3. The van der Waals surface area contributed by atoms with Crippen LogP contribution in [0.25, 0.3) is 0 Å². The number of aliphatic hydroxyl groups excluding tert-OH is 2. The minimum absolute atomic E-state index is 0.0164. The Kier molecular flexibility index (Phi) is 5.99. The van der Waals surface area contributed by atoms with E-state index in [1.165, 1.54) is 0 Å². The van der Waals surface area contributed by atoms with Crippen LogP contribution in [0, 0.1) is 0 Å². The van der Waals surface area contributed by atoms with Gasteiger partial charge in [0.1, 0.15) is 5.75 Å². The Balaban J connectivity index is 3.07. The van der Waals surface area contributed by atoms with Crippen LogP contribution in [0.5, 0.6) is 5.75 Å². The highest BCUT2D eigenvalue weighted by Gasteiger charge is 2.22. The first kappa shape index (κ1) is 17.0. The van der Waals surface area contributed by atoms with Gasteiger partial charge in [0.05, 0.1) is 19.8 Å². The summed E-state index contributed by atoms with van der Waals surface area (Å²) in [5, 5.41) is 22.4. The fraction of sp³-hybridized carbons (Fsp3) is 0.625. The second-order valence-electron chi connectivity index (χ2n) is 6.12. The molecule has 2 atom stereocenters. The van der Waals surface area contributed by atoms with E-state index >= 15 is 0 Å². The first-order valence-electron chi connectivity index (χ1n) is 7.02. The summed E-state index contributed by atoms with van der Waals surface area (Å²) in [6.45, 7) is 8.81. The van der Waals surface area contributed by atoms with E-state index in [2.05, 4.69) is 26.1 Å². The third-order valence-corrected chi connectivity index (χ3v) is 3.47. The van der Waals surface area contributed by atoms with Crippen molar-refractivity contribution in [3.05, 3.63) is 29.3 Å². The zero-order valence-electron chi connectivity index (χ0n) is 13.1. The lowest BCUT2D eigenvalue weighted by atomic mass is 9.85. The standard InChI is InChI=1S/C16H27NO3/c1-11(17-8-9-18)15(19)13-10-12(16(2,3)4)6-7-14(13)20-5/h6-7,10-11,15,17-19H,8-9H2,1-5H3. The SMILES string of the molecule is COc1ccc(C(C)(C)C)cc1C(O)C(C)NCCO. The van der Waals surface area contributed by atoms with Crippen LogP contribution in [0.1, 0.15) is 44.9 Å². The van der Waals surface area contributed by atoms with Crippen molar-refractivity contribution in [2.24, 2.45) is 0 Å². The van der Waals surface area contributed by atoms with E-state index < -0.39 is 6.10 Å². The lowest BCUT2D eigenvalue weighted by Crippen LogP contribution is -2.34. The largest absolute Gasteiger partial charge is 0.496 e. The Morgan fingerprint density at radius 1 is 1.30 bits per heavy atom. The van der Waals surface area contributed by atoms with E-state index in [4.69, 9.17) is 9.84 Å². The number of hydrogen-bond acceptors (Lipinski definition) is 4. The van der Waals surface area contributed by atoms with Gasteiger partial charge in [-0.25, -0.2) is 0 Å². The van der Waals surface area contributed by atoms with Crippen molar-refractivity contribution in [3.63, 3.8) is 0 Å². The van der Waals surface area contributed by atoms with Crippen molar-refractivity contribution in [1.82, 2.24) is 5.32 Å². The Bertz CT molecular complexity index is 426. The number of benzene rings is 1. The average Bonchev–Trinajstić information content (AvgIpc) is 2.42. The third kappa shape index (κ3) is 4.20. The summed E-state index contributed by atoms with van der Waals surface area (Å²) in [4.78, 5) is 0. The molecule has 0 radical (unpaired) electrons. The van der Waals surface area contributed by atoms with E-state index in [0.717, 1.165) is 11.1 Å². The van der Waals surface area contributed by atoms with Crippen molar-refractivity contribution in [2.45, 2.75) is 45.3 Å². The van der Waals surface area contributed by atoms with Gasteiger partial charge in [-0.1, -0.05) is 26.8 Å². The predicted octanol–water partition coefficient (Wildman–Crippen LogP) is 2.00. The van der Waals surface area contributed by atoms with Crippen LogP contribution < -0.4 is 10.1 Å². The number of nitrogens with one attached hydrogen (secondary N) is 1. The predicted molar refractivity (Wildman–Crippen MR) is 81.2 cm³/mol. The van der Waals surface area contributed by atoms with Crippen molar-refractivity contribution >= 4 is 0 Å². The number of rotatable bonds is 6. The quantitative estimate of drug-likeness (QED) is 0.746. The first-order valence-corrected chi connectivity index (χ1v) is 7.02. The van der Waals surface area contributed by atoms with Crippen LogP contribution in [0.4, 0.5) is 0 Å². The maximum Gasteiger partial charge on any atom is 0.124 e. The highest BCUT2D eigenvalue weighted by atomic mass is 16.5. The summed E-state index contributed by atoms with van der Waals surface area (Å²) in [5.41, 5.74) is 1.95. The van der Waals surface area contributed by atoms with E-state index in [1.807, 2.05) is 25.1 Å². The van der Waals surface area contributed by atoms with Gasteiger partial charge in [-0.15, -0.1) is 0 Å². The normalized spacial score (nSPS) is 14.9. The molecule has 0 spiro atoms. The van der Waals surface area contributed by atoms with Gasteiger partial charge < -0.3 is 20.3 Å². The van der Waals surface area contributed by atoms with Gasteiger partial charge >= 0.3 is 0 Å². The fourth-order valence-electron chi connectivity index (χ4n) is 2.11. The van der Waals surface area contributed by atoms with Gasteiger partial charge in [0.2, 0.25) is 0 Å². The number of hydrogen-bond donors (Lipinski definition) is 3. The van der Waals surface area contributed by atoms with Gasteiger partial charge in [0, 0.05) is 18.2 Å². The Hall–Kier alpha value is -1.10. The fourth-order valence-corrected chi connectivity index (χ4v) is 2.11. The Labute approximate surface area is 121 Å². The summed E-state index contributed by atoms with van der Waals surface area (Å²) < 4.78 is 5.35. The summed E-state index contributed by atoms with van der Waals surface area (Å²) in [5.74, 6) is 0.683. The molecule has 0 aromatic heterocycles. The molecule has 0 aliphatic carbocycles. The van der Waals surface area contributed by atoms with Gasteiger partial charge in [-0.2, -0.15) is 0 Å². The van der Waals surface area contributed by atoms with Gasteiger partial charge in [-0.05, 0) is 30.0 Å². The van der Waals surface area contributed by atoms with Crippen LogP contribution >= 0.6 is 0 Å². The molecular weight excluding hydrogens is 254 g/mol. The highest BCUT2D eigenvalue weighted by Crippen LogP contribution is 2.32. The van der Waals surface area contributed by atoms with Crippen molar-refractivity contribution in [3.8, 4) is 5.75 Å². The summed E-state index contributed by atoms with van der Waals surface area (Å²) >= 11 is 0. The minimum atomic E-state index is -0.682. The summed E-state index contributed by atoms with van der Waals surface area (Å²) in [7, 11) is 1.61. The molecule has 1 aromatic carbocycles. The molecule has 20 heavy (non-hydrogen) atoms. The smallest absolute Gasteiger partial charge is 0.124 e. The molecule has 4 nitrogen and oxygen atoms in total. The third-order valence-electron chi connectivity index (χ3n) is 3.47. The average molecular weight is 281 g/mol. The summed E-state index contributed by atoms with van der Waals surface area (Å²) in [6.07, 6.45) is -0.682. The van der Waals surface area contributed by atoms with Gasteiger partial charge in [-0.3, -0.25) is 0 Å².